The average Bonchev–Trinajstić information content (AvgIpc) is 2.95. The summed E-state index contributed by atoms with van der Waals surface area (Å²) in [4.78, 5) is 2.72. The van der Waals surface area contributed by atoms with Crippen molar-refractivity contribution in [1.82, 2.24) is 10.2 Å². The summed E-state index contributed by atoms with van der Waals surface area (Å²) in [6, 6.07) is 0.781. The number of fused-ring (bicyclic) bond motifs is 2. The van der Waals surface area contributed by atoms with Crippen LogP contribution >= 0.6 is 0 Å². The molecule has 0 radical (unpaired) electrons. The van der Waals surface area contributed by atoms with Crippen molar-refractivity contribution >= 4 is 0 Å². The van der Waals surface area contributed by atoms with Gasteiger partial charge in [0, 0.05) is 19.1 Å². The SMILES string of the molecule is CCNC1CCN(CC2CC3CCC2C3)C1. The summed E-state index contributed by atoms with van der Waals surface area (Å²) in [5.41, 5.74) is 0. The Morgan fingerprint density at radius 3 is 2.81 bits per heavy atom. The van der Waals surface area contributed by atoms with Gasteiger partial charge in [-0.1, -0.05) is 13.3 Å². The lowest BCUT2D eigenvalue weighted by Gasteiger charge is -2.27. The maximum atomic E-state index is 3.59. The summed E-state index contributed by atoms with van der Waals surface area (Å²) in [7, 11) is 0. The van der Waals surface area contributed by atoms with Crippen molar-refractivity contribution in [3.05, 3.63) is 0 Å². The third-order valence-corrected chi connectivity index (χ3v) is 5.14. The summed E-state index contributed by atoms with van der Waals surface area (Å²) < 4.78 is 0. The Hall–Kier alpha value is -0.0800. The van der Waals surface area contributed by atoms with E-state index in [1.165, 1.54) is 26.1 Å². The van der Waals surface area contributed by atoms with E-state index >= 15 is 0 Å². The summed E-state index contributed by atoms with van der Waals surface area (Å²) in [6.45, 7) is 7.40. The molecule has 4 unspecified atom stereocenters. The van der Waals surface area contributed by atoms with Crippen molar-refractivity contribution in [2.45, 2.75) is 45.1 Å². The molecule has 92 valence electrons. The van der Waals surface area contributed by atoms with Crippen LogP contribution in [-0.4, -0.2) is 37.1 Å². The fraction of sp³-hybridized carbons (Fsp3) is 1.00. The molecule has 3 rings (SSSR count). The Balaban J connectivity index is 1.46. The molecule has 2 saturated carbocycles. The summed E-state index contributed by atoms with van der Waals surface area (Å²) in [6.07, 6.45) is 7.57. The third kappa shape index (κ3) is 2.14. The molecule has 0 spiro atoms. The smallest absolute Gasteiger partial charge is 0.0207 e. The van der Waals surface area contributed by atoms with Crippen LogP contribution in [0.15, 0.2) is 0 Å². The number of rotatable bonds is 4. The lowest BCUT2D eigenvalue weighted by Crippen LogP contribution is -2.35. The zero-order valence-electron chi connectivity index (χ0n) is 10.6. The van der Waals surface area contributed by atoms with Crippen LogP contribution in [0, 0.1) is 17.8 Å². The summed E-state index contributed by atoms with van der Waals surface area (Å²) in [5, 5.41) is 3.59. The first-order valence-electron chi connectivity index (χ1n) is 7.31. The molecule has 3 aliphatic rings. The number of likely N-dealkylation sites (N-methyl/N-ethyl adjacent to an activating group) is 1. The minimum Gasteiger partial charge on any atom is -0.313 e. The first-order valence-corrected chi connectivity index (χ1v) is 7.31. The van der Waals surface area contributed by atoms with Crippen molar-refractivity contribution in [2.75, 3.05) is 26.2 Å². The lowest BCUT2D eigenvalue weighted by atomic mass is 9.88. The van der Waals surface area contributed by atoms with Crippen LogP contribution in [0.4, 0.5) is 0 Å². The number of nitrogens with one attached hydrogen (secondary N) is 1. The Labute approximate surface area is 99.8 Å². The Morgan fingerprint density at radius 2 is 2.12 bits per heavy atom. The molecule has 0 aromatic rings. The topological polar surface area (TPSA) is 15.3 Å². The van der Waals surface area contributed by atoms with E-state index in [9.17, 15) is 0 Å². The molecule has 1 N–H and O–H groups in total. The zero-order valence-corrected chi connectivity index (χ0v) is 10.6. The second kappa shape index (κ2) is 4.66. The molecule has 1 heterocycles. The molecule has 1 aliphatic heterocycles. The first-order chi connectivity index (χ1) is 7.85. The van der Waals surface area contributed by atoms with Gasteiger partial charge in [0.25, 0.3) is 0 Å². The van der Waals surface area contributed by atoms with Gasteiger partial charge in [0.05, 0.1) is 0 Å². The Morgan fingerprint density at radius 1 is 1.19 bits per heavy atom. The fourth-order valence-corrected chi connectivity index (χ4v) is 4.39. The van der Waals surface area contributed by atoms with Gasteiger partial charge in [-0.15, -0.1) is 0 Å². The second-order valence-corrected chi connectivity index (χ2v) is 6.24. The molecule has 2 nitrogen and oxygen atoms in total. The molecular weight excluding hydrogens is 196 g/mol. The second-order valence-electron chi connectivity index (χ2n) is 6.24. The van der Waals surface area contributed by atoms with Gasteiger partial charge < -0.3 is 10.2 Å². The van der Waals surface area contributed by atoms with E-state index in [4.69, 9.17) is 0 Å². The van der Waals surface area contributed by atoms with Gasteiger partial charge in [0.1, 0.15) is 0 Å². The molecule has 0 amide bonds. The molecule has 16 heavy (non-hydrogen) atoms. The maximum Gasteiger partial charge on any atom is 0.0207 e. The van der Waals surface area contributed by atoms with Crippen LogP contribution in [0.2, 0.25) is 0 Å². The van der Waals surface area contributed by atoms with Crippen LogP contribution in [0.3, 0.4) is 0 Å². The molecule has 0 aromatic carbocycles. The standard InChI is InChI=1S/C14H26N2/c1-2-15-14-5-6-16(10-14)9-13-8-11-3-4-12(13)7-11/h11-15H,2-10H2,1H3. The van der Waals surface area contributed by atoms with Gasteiger partial charge >= 0.3 is 0 Å². The molecule has 2 bridgehead atoms. The summed E-state index contributed by atoms with van der Waals surface area (Å²) >= 11 is 0. The molecular formula is C14H26N2. The van der Waals surface area contributed by atoms with Gasteiger partial charge in [-0.25, -0.2) is 0 Å². The van der Waals surface area contributed by atoms with E-state index in [2.05, 4.69) is 17.1 Å². The number of likely N-dealkylation sites (tertiary alicyclic amines) is 1. The largest absolute Gasteiger partial charge is 0.313 e. The third-order valence-electron chi connectivity index (χ3n) is 5.14. The first kappa shape index (κ1) is 11.0. The molecule has 4 atom stereocenters. The van der Waals surface area contributed by atoms with E-state index in [1.807, 2.05) is 0 Å². The lowest BCUT2D eigenvalue weighted by molar-refractivity contribution is 0.216. The molecule has 1 saturated heterocycles. The van der Waals surface area contributed by atoms with E-state index in [0.29, 0.717) is 0 Å². The summed E-state index contributed by atoms with van der Waals surface area (Å²) in [5.74, 6) is 3.27. The van der Waals surface area contributed by atoms with E-state index in [0.717, 1.165) is 30.3 Å². The normalized spacial score (nSPS) is 43.3. The number of hydrogen-bond acceptors (Lipinski definition) is 2. The Bertz CT molecular complexity index is 241. The predicted molar refractivity (Wildman–Crippen MR) is 67.5 cm³/mol. The molecule has 2 aliphatic carbocycles. The number of nitrogens with zero attached hydrogens (tertiary/aromatic N) is 1. The minimum absolute atomic E-state index is 0.781. The monoisotopic (exact) mass is 222 g/mol. The molecule has 0 aromatic heterocycles. The van der Waals surface area contributed by atoms with Gasteiger partial charge in [-0.3, -0.25) is 0 Å². The van der Waals surface area contributed by atoms with Crippen LogP contribution in [0.5, 0.6) is 0 Å². The van der Waals surface area contributed by atoms with Crippen LogP contribution in [0.25, 0.3) is 0 Å². The highest BCUT2D eigenvalue weighted by Crippen LogP contribution is 2.48. The van der Waals surface area contributed by atoms with Gasteiger partial charge in [0.2, 0.25) is 0 Å². The highest BCUT2D eigenvalue weighted by Gasteiger charge is 2.40. The van der Waals surface area contributed by atoms with Crippen molar-refractivity contribution in [3.63, 3.8) is 0 Å². The fourth-order valence-electron chi connectivity index (χ4n) is 4.39. The van der Waals surface area contributed by atoms with E-state index in [1.54, 1.807) is 25.7 Å². The van der Waals surface area contributed by atoms with Crippen LogP contribution in [0.1, 0.15) is 39.0 Å². The van der Waals surface area contributed by atoms with Crippen LogP contribution < -0.4 is 5.32 Å². The average molecular weight is 222 g/mol. The molecule has 3 fully saturated rings. The van der Waals surface area contributed by atoms with Crippen molar-refractivity contribution in [1.29, 1.82) is 0 Å². The van der Waals surface area contributed by atoms with Gasteiger partial charge in [-0.2, -0.15) is 0 Å². The highest BCUT2D eigenvalue weighted by molar-refractivity contribution is 4.92. The predicted octanol–water partition coefficient (Wildman–Crippen LogP) is 2.11. The minimum atomic E-state index is 0.781. The van der Waals surface area contributed by atoms with Crippen molar-refractivity contribution < 1.29 is 0 Å². The van der Waals surface area contributed by atoms with Crippen molar-refractivity contribution in [2.24, 2.45) is 17.8 Å². The zero-order chi connectivity index (χ0) is 11.0. The van der Waals surface area contributed by atoms with Gasteiger partial charge in [0.15, 0.2) is 0 Å². The quantitative estimate of drug-likeness (QED) is 0.784. The maximum absolute atomic E-state index is 3.59. The highest BCUT2D eigenvalue weighted by atomic mass is 15.2. The van der Waals surface area contributed by atoms with Crippen molar-refractivity contribution in [3.8, 4) is 0 Å². The van der Waals surface area contributed by atoms with E-state index < -0.39 is 0 Å². The Kier molecular flexibility index (Phi) is 3.21. The van der Waals surface area contributed by atoms with Crippen LogP contribution in [-0.2, 0) is 0 Å². The van der Waals surface area contributed by atoms with Gasteiger partial charge in [-0.05, 0) is 56.5 Å². The van der Waals surface area contributed by atoms with E-state index in [-0.39, 0.29) is 0 Å². The number of hydrogen-bond donors (Lipinski definition) is 1. The molecule has 2 heteroatoms.